The first kappa shape index (κ1) is 22.6. The minimum atomic E-state index is -2.63. The van der Waals surface area contributed by atoms with E-state index in [0.29, 0.717) is 11.2 Å². The first-order valence-electron chi connectivity index (χ1n) is 7.76. The fourth-order valence-electron chi connectivity index (χ4n) is 2.43. The van der Waals surface area contributed by atoms with Gasteiger partial charge in [0.05, 0.1) is 19.1 Å². The van der Waals surface area contributed by atoms with E-state index >= 15 is 0 Å². The Morgan fingerprint density at radius 2 is 2.23 bits per heavy atom. The van der Waals surface area contributed by atoms with Crippen molar-refractivity contribution in [1.29, 1.82) is 0 Å². The summed E-state index contributed by atoms with van der Waals surface area (Å²) in [5.74, 6) is -0.224. The molecule has 2 aromatic heterocycles. The number of aromatic hydroxyl groups is 1. The van der Waals surface area contributed by atoms with Crippen LogP contribution in [0, 0.1) is 10.1 Å². The molecule has 0 fully saturated rings. The van der Waals surface area contributed by atoms with Crippen molar-refractivity contribution in [2.45, 2.75) is 7.57 Å². The number of ether oxygens (including phenoxy) is 1. The van der Waals surface area contributed by atoms with Crippen molar-refractivity contribution < 1.29 is 18.6 Å². The number of imidazole rings is 1. The first-order valence-corrected chi connectivity index (χ1v) is 10.5. The normalized spacial score (nSPS) is 15.4. The Morgan fingerprint density at radius 1 is 1.50 bits per heavy atom. The molecule has 3 aromatic rings. The van der Waals surface area contributed by atoms with Crippen molar-refractivity contribution >= 4 is 73.9 Å². The van der Waals surface area contributed by atoms with E-state index in [9.17, 15) is 19.6 Å². The monoisotopic (exact) mass is 539 g/mol. The molecule has 0 spiro atoms. The van der Waals surface area contributed by atoms with Crippen molar-refractivity contribution in [2.24, 2.45) is 5.73 Å². The number of methoxy groups -OCH3 is 1. The minimum absolute atomic E-state index is 0.0288. The molecular formula is C14H12BrClFN7O4S2. The van der Waals surface area contributed by atoms with E-state index in [1.54, 1.807) is 12.1 Å². The number of thioether (sulfide) groups is 1. The molecule has 2 unspecified atom stereocenters. The van der Waals surface area contributed by atoms with Crippen LogP contribution in [-0.2, 0) is 4.20 Å². The fourth-order valence-corrected chi connectivity index (χ4v) is 5.62. The van der Waals surface area contributed by atoms with Gasteiger partial charge >= 0.3 is 0 Å². The molecule has 0 aliphatic rings. The molecule has 0 amide bonds. The van der Waals surface area contributed by atoms with Gasteiger partial charge in [-0.25, -0.2) is 19.3 Å². The van der Waals surface area contributed by atoms with Gasteiger partial charge in [-0.15, -0.1) is 0 Å². The fraction of sp³-hybridized carbons (Fsp3) is 0.214. The Balaban J connectivity index is 2.14. The van der Waals surface area contributed by atoms with E-state index in [2.05, 4.69) is 41.2 Å². The molecule has 0 bridgehead atoms. The highest BCUT2D eigenvalue weighted by atomic mass is 79.9. The average molecular weight is 541 g/mol. The van der Waals surface area contributed by atoms with E-state index < -0.39 is 11.9 Å². The number of anilines is 2. The molecule has 2 heterocycles. The van der Waals surface area contributed by atoms with E-state index in [4.69, 9.17) is 22.1 Å². The van der Waals surface area contributed by atoms with Crippen LogP contribution in [0.15, 0.2) is 24.5 Å². The Bertz CT molecular complexity index is 1100. The molecule has 16 heteroatoms. The molecular weight excluding hydrogens is 529 g/mol. The molecule has 0 aliphatic carbocycles. The summed E-state index contributed by atoms with van der Waals surface area (Å²) in [6.07, 6.45) is 1.32. The number of aromatic amines is 1. The molecule has 0 saturated heterocycles. The van der Waals surface area contributed by atoms with E-state index in [0.717, 1.165) is 0 Å². The van der Waals surface area contributed by atoms with E-state index in [1.807, 2.05) is 0 Å². The number of phenols is 1. The number of alkyl halides is 3. The summed E-state index contributed by atoms with van der Waals surface area (Å²) >= 11 is 8.24. The van der Waals surface area contributed by atoms with Crippen molar-refractivity contribution in [3.05, 3.63) is 40.5 Å². The third-order valence-electron chi connectivity index (χ3n) is 3.53. The van der Waals surface area contributed by atoms with Crippen molar-refractivity contribution in [3.8, 4) is 11.5 Å². The number of benzene rings is 1. The van der Waals surface area contributed by atoms with Crippen molar-refractivity contribution in [3.63, 3.8) is 0 Å². The van der Waals surface area contributed by atoms with Crippen molar-refractivity contribution in [1.82, 2.24) is 19.9 Å². The minimum Gasteiger partial charge on any atom is -0.504 e. The van der Waals surface area contributed by atoms with E-state index in [1.165, 1.54) is 19.5 Å². The Kier molecular flexibility index (Phi) is 6.47. The predicted molar refractivity (Wildman–Crippen MR) is 116 cm³/mol. The molecule has 11 nitrogen and oxygen atoms in total. The summed E-state index contributed by atoms with van der Waals surface area (Å²) in [6, 6.07) is 4.59. The summed E-state index contributed by atoms with van der Waals surface area (Å²) < 4.78 is 13.7. The second kappa shape index (κ2) is 8.58. The zero-order valence-electron chi connectivity index (χ0n) is 14.8. The Morgan fingerprint density at radius 3 is 2.87 bits per heavy atom. The standard InChI is InChI=1S/C14H12BrClFN7O4S2/c1-28-9-6(3-2-4-7(9)25)21-11-8-10(20-5-19-8)22-12(23-11)13(18,30-24(26)27)29-14(15,16)17/h2-5,25H,18H2,1H3,(H2,19,20,21,22,23). The molecule has 5 N–H and O–H groups in total. The maximum absolute atomic E-state index is 14.1. The summed E-state index contributed by atoms with van der Waals surface area (Å²) in [5, 5.41) is 24.0. The number of halogens is 3. The van der Waals surface area contributed by atoms with Gasteiger partial charge in [-0.1, -0.05) is 17.7 Å². The van der Waals surface area contributed by atoms with Crippen LogP contribution in [-0.4, -0.2) is 39.9 Å². The Labute approximate surface area is 189 Å². The number of hydrogen-bond acceptors (Lipinski definition) is 11. The SMILES string of the molecule is COc1c(O)cccc1Nc1nc(C(N)(S[N+](=O)[O-])SC(F)(Cl)Br)nc2nc[nH]c12. The number of aromatic nitrogens is 4. The highest BCUT2D eigenvalue weighted by Crippen LogP contribution is 2.52. The first-order chi connectivity index (χ1) is 14.0. The summed E-state index contributed by atoms with van der Waals surface area (Å²) in [5.41, 5.74) is 6.85. The van der Waals surface area contributed by atoms with Crippen LogP contribution in [0.3, 0.4) is 0 Å². The van der Waals surface area contributed by atoms with Gasteiger partial charge in [0.1, 0.15) is 9.85 Å². The second-order valence-electron chi connectivity index (χ2n) is 5.51. The smallest absolute Gasteiger partial charge is 0.287 e. The van der Waals surface area contributed by atoms with Crippen LogP contribution < -0.4 is 15.8 Å². The maximum Gasteiger partial charge on any atom is 0.287 e. The molecule has 0 saturated carbocycles. The van der Waals surface area contributed by atoms with Crippen LogP contribution in [0.5, 0.6) is 11.5 Å². The highest BCUT2D eigenvalue weighted by molar-refractivity contribution is 9.12. The van der Waals surface area contributed by atoms with Gasteiger partial charge in [0, 0.05) is 0 Å². The number of nitro groups is 1. The number of hydrogen-bond donors (Lipinski definition) is 4. The maximum atomic E-state index is 14.1. The number of fused-ring (bicyclic) bond motifs is 1. The molecule has 30 heavy (non-hydrogen) atoms. The number of rotatable bonds is 8. The lowest BCUT2D eigenvalue weighted by atomic mass is 10.2. The van der Waals surface area contributed by atoms with Crippen LogP contribution in [0.1, 0.15) is 5.82 Å². The molecule has 1 aromatic carbocycles. The third kappa shape index (κ3) is 4.97. The number of H-pyrrole nitrogens is 1. The molecule has 0 aliphatic heterocycles. The zero-order chi connectivity index (χ0) is 22.1. The lowest BCUT2D eigenvalue weighted by molar-refractivity contribution is -0.285. The van der Waals surface area contributed by atoms with Gasteiger partial charge in [-0.05, 0) is 39.8 Å². The van der Waals surface area contributed by atoms with Gasteiger partial charge in [0.15, 0.2) is 28.8 Å². The molecule has 3 rings (SSSR count). The predicted octanol–water partition coefficient (Wildman–Crippen LogP) is 3.75. The quantitative estimate of drug-likeness (QED) is 0.108. The van der Waals surface area contributed by atoms with Crippen LogP contribution >= 0.6 is 51.2 Å². The largest absolute Gasteiger partial charge is 0.504 e. The van der Waals surface area contributed by atoms with Gasteiger partial charge in [-0.2, -0.15) is 0 Å². The molecule has 2 atom stereocenters. The topological polar surface area (TPSA) is 165 Å². The zero-order valence-corrected chi connectivity index (χ0v) is 18.8. The number of para-hydroxylation sites is 1. The average Bonchev–Trinajstić information content (AvgIpc) is 3.08. The van der Waals surface area contributed by atoms with Gasteiger partial charge in [-0.3, -0.25) is 15.8 Å². The van der Waals surface area contributed by atoms with Gasteiger partial charge in [0.25, 0.3) is 15.3 Å². The number of nitrogens with two attached hydrogens (primary N) is 1. The van der Waals surface area contributed by atoms with Gasteiger partial charge < -0.3 is 20.1 Å². The van der Waals surface area contributed by atoms with Crippen molar-refractivity contribution in [2.75, 3.05) is 12.4 Å². The summed E-state index contributed by atoms with van der Waals surface area (Å²) in [6.45, 7) is 0. The lowest BCUT2D eigenvalue weighted by Crippen LogP contribution is -2.35. The lowest BCUT2D eigenvalue weighted by Gasteiger charge is -2.24. The Hall–Kier alpha value is -2.07. The highest BCUT2D eigenvalue weighted by Gasteiger charge is 2.48. The van der Waals surface area contributed by atoms with Gasteiger partial charge in [0.2, 0.25) is 4.20 Å². The van der Waals surface area contributed by atoms with Crippen LogP contribution in [0.2, 0.25) is 0 Å². The third-order valence-corrected chi connectivity index (χ3v) is 6.04. The van der Waals surface area contributed by atoms with Crippen LogP contribution in [0.25, 0.3) is 11.2 Å². The summed E-state index contributed by atoms with van der Waals surface area (Å²) in [7, 11) is 1.37. The summed E-state index contributed by atoms with van der Waals surface area (Å²) in [4.78, 5) is 26.3. The molecule has 160 valence electrons. The number of nitrogens with zero attached hydrogens (tertiary/aromatic N) is 4. The number of nitrogens with one attached hydrogen (secondary N) is 2. The second-order valence-corrected chi connectivity index (χ2v) is 11.1. The number of phenolic OH excluding ortho intramolecular Hbond substituents is 1. The van der Waals surface area contributed by atoms with Crippen LogP contribution in [0.4, 0.5) is 15.9 Å². The van der Waals surface area contributed by atoms with E-state index in [-0.39, 0.29) is 52.5 Å². The molecule has 0 radical (unpaired) electrons.